The SMILES string of the molecule is Cc1ccc(C2CC(C3CCC(C(=O)C4=CC=CC4)CC3)CC2=O)cc1C=CCc1ccccc1. The lowest BCUT2D eigenvalue weighted by Gasteiger charge is -2.31. The first kappa shape index (κ1) is 23.7. The average molecular weight is 465 g/mol. The van der Waals surface area contributed by atoms with Crippen LogP contribution in [0.3, 0.4) is 0 Å². The molecule has 3 aliphatic rings. The van der Waals surface area contributed by atoms with Crippen molar-refractivity contribution in [1.82, 2.24) is 0 Å². The zero-order valence-electron chi connectivity index (χ0n) is 20.8. The predicted octanol–water partition coefficient (Wildman–Crippen LogP) is 7.58. The van der Waals surface area contributed by atoms with Gasteiger partial charge in [-0.1, -0.05) is 78.9 Å². The molecule has 0 spiro atoms. The van der Waals surface area contributed by atoms with Gasteiger partial charge >= 0.3 is 0 Å². The normalized spacial score (nSPS) is 26.4. The Morgan fingerprint density at radius 2 is 1.80 bits per heavy atom. The van der Waals surface area contributed by atoms with Crippen LogP contribution in [0.25, 0.3) is 6.08 Å². The molecule has 0 bridgehead atoms. The molecule has 5 rings (SSSR count). The summed E-state index contributed by atoms with van der Waals surface area (Å²) in [4.78, 5) is 25.8. The fraction of sp³-hybridized carbons (Fsp3) is 0.394. The summed E-state index contributed by atoms with van der Waals surface area (Å²) in [5, 5.41) is 0. The summed E-state index contributed by atoms with van der Waals surface area (Å²) in [6.45, 7) is 2.14. The van der Waals surface area contributed by atoms with Crippen LogP contribution in [0.5, 0.6) is 0 Å². The summed E-state index contributed by atoms with van der Waals surface area (Å²) in [6, 6.07) is 17.1. The Bertz CT molecular complexity index is 1160. The fourth-order valence-corrected chi connectivity index (χ4v) is 6.34. The van der Waals surface area contributed by atoms with Crippen molar-refractivity contribution in [3.8, 4) is 0 Å². The average Bonchev–Trinajstić information content (AvgIpc) is 3.56. The van der Waals surface area contributed by atoms with E-state index in [-0.39, 0.29) is 11.8 Å². The minimum atomic E-state index is 0.0240. The lowest BCUT2D eigenvalue weighted by molar-refractivity contribution is -0.121. The number of carbonyl (C=O) groups excluding carboxylic acids is 2. The molecule has 2 saturated carbocycles. The minimum Gasteiger partial charge on any atom is -0.299 e. The molecule has 0 aromatic heterocycles. The molecule has 2 nitrogen and oxygen atoms in total. The third kappa shape index (κ3) is 5.48. The van der Waals surface area contributed by atoms with Gasteiger partial charge in [-0.3, -0.25) is 9.59 Å². The Kier molecular flexibility index (Phi) is 7.27. The van der Waals surface area contributed by atoms with Crippen molar-refractivity contribution in [2.24, 2.45) is 17.8 Å². The van der Waals surface area contributed by atoms with Crippen LogP contribution < -0.4 is 0 Å². The van der Waals surface area contributed by atoms with Crippen molar-refractivity contribution in [2.75, 3.05) is 0 Å². The molecule has 180 valence electrons. The molecule has 3 aliphatic carbocycles. The van der Waals surface area contributed by atoms with Crippen molar-refractivity contribution in [2.45, 2.75) is 64.2 Å². The highest BCUT2D eigenvalue weighted by molar-refractivity contribution is 5.98. The molecule has 0 heterocycles. The molecule has 2 atom stereocenters. The zero-order chi connectivity index (χ0) is 24.2. The zero-order valence-corrected chi connectivity index (χ0v) is 20.8. The van der Waals surface area contributed by atoms with Crippen LogP contribution in [0.15, 0.2) is 78.4 Å². The number of ketones is 2. The van der Waals surface area contributed by atoms with E-state index in [1.165, 1.54) is 22.3 Å². The van der Waals surface area contributed by atoms with E-state index in [0.717, 1.165) is 50.5 Å². The highest BCUT2D eigenvalue weighted by Gasteiger charge is 2.39. The number of aryl methyl sites for hydroxylation is 1. The lowest BCUT2D eigenvalue weighted by Crippen LogP contribution is -2.26. The maximum Gasteiger partial charge on any atom is 0.162 e. The lowest BCUT2D eigenvalue weighted by atomic mass is 9.73. The molecule has 0 aliphatic heterocycles. The quantitative estimate of drug-likeness (QED) is 0.423. The molecular weight excluding hydrogens is 428 g/mol. The summed E-state index contributed by atoms with van der Waals surface area (Å²) in [5.74, 6) is 2.03. The number of hydrogen-bond donors (Lipinski definition) is 0. The molecular formula is C33H36O2. The topological polar surface area (TPSA) is 34.1 Å². The largest absolute Gasteiger partial charge is 0.299 e. The Morgan fingerprint density at radius 3 is 2.54 bits per heavy atom. The Balaban J connectivity index is 1.20. The van der Waals surface area contributed by atoms with Gasteiger partial charge in [0.25, 0.3) is 0 Å². The number of hydrogen-bond acceptors (Lipinski definition) is 2. The summed E-state index contributed by atoms with van der Waals surface area (Å²) < 4.78 is 0. The predicted molar refractivity (Wildman–Crippen MR) is 143 cm³/mol. The van der Waals surface area contributed by atoms with Crippen LogP contribution in [0.2, 0.25) is 0 Å². The number of Topliss-reactive ketones (excluding diaryl/α,β-unsaturated/α-hetero) is 2. The van der Waals surface area contributed by atoms with Crippen molar-refractivity contribution < 1.29 is 9.59 Å². The first-order valence-corrected chi connectivity index (χ1v) is 13.3. The monoisotopic (exact) mass is 464 g/mol. The number of benzene rings is 2. The second-order valence-corrected chi connectivity index (χ2v) is 10.7. The van der Waals surface area contributed by atoms with Gasteiger partial charge in [0.05, 0.1) is 0 Å². The van der Waals surface area contributed by atoms with E-state index in [4.69, 9.17) is 0 Å². The van der Waals surface area contributed by atoms with Gasteiger partial charge in [-0.15, -0.1) is 0 Å². The smallest absolute Gasteiger partial charge is 0.162 e. The van der Waals surface area contributed by atoms with Crippen molar-refractivity contribution in [3.63, 3.8) is 0 Å². The molecule has 2 heteroatoms. The van der Waals surface area contributed by atoms with Crippen molar-refractivity contribution >= 4 is 17.6 Å². The van der Waals surface area contributed by atoms with Crippen LogP contribution in [0.4, 0.5) is 0 Å². The number of carbonyl (C=O) groups is 2. The summed E-state index contributed by atoms with van der Waals surface area (Å²) >= 11 is 0. The van der Waals surface area contributed by atoms with Gasteiger partial charge in [0.2, 0.25) is 0 Å². The second kappa shape index (κ2) is 10.7. The Morgan fingerprint density at radius 1 is 1.00 bits per heavy atom. The molecule has 2 aromatic carbocycles. The van der Waals surface area contributed by atoms with E-state index < -0.39 is 0 Å². The van der Waals surface area contributed by atoms with Gasteiger partial charge in [-0.2, -0.15) is 0 Å². The molecule has 0 N–H and O–H groups in total. The van der Waals surface area contributed by atoms with Gasteiger partial charge in [0, 0.05) is 18.3 Å². The number of rotatable bonds is 7. The fourth-order valence-electron chi connectivity index (χ4n) is 6.34. The molecule has 0 amide bonds. The molecule has 0 saturated heterocycles. The van der Waals surface area contributed by atoms with Gasteiger partial charge in [0.15, 0.2) is 5.78 Å². The Hall–Kier alpha value is -3.00. The van der Waals surface area contributed by atoms with Crippen molar-refractivity contribution in [1.29, 1.82) is 0 Å². The highest BCUT2D eigenvalue weighted by atomic mass is 16.1. The second-order valence-electron chi connectivity index (χ2n) is 10.7. The van der Waals surface area contributed by atoms with Crippen LogP contribution in [-0.4, -0.2) is 11.6 Å². The summed E-state index contributed by atoms with van der Waals surface area (Å²) in [6.07, 6.45) is 18.0. The van der Waals surface area contributed by atoms with E-state index in [1.54, 1.807) is 0 Å². The molecule has 2 fully saturated rings. The van der Waals surface area contributed by atoms with Gasteiger partial charge in [-0.05, 0) is 91.5 Å². The van der Waals surface area contributed by atoms with E-state index in [2.05, 4.69) is 67.6 Å². The first-order valence-electron chi connectivity index (χ1n) is 13.3. The molecule has 0 radical (unpaired) electrons. The first-order chi connectivity index (χ1) is 17.1. The number of allylic oxidation sites excluding steroid dienone is 5. The third-order valence-corrected chi connectivity index (χ3v) is 8.49. The van der Waals surface area contributed by atoms with Crippen molar-refractivity contribution in [3.05, 3.63) is 101 Å². The summed E-state index contributed by atoms with van der Waals surface area (Å²) in [7, 11) is 0. The van der Waals surface area contributed by atoms with E-state index in [1.807, 2.05) is 18.2 Å². The van der Waals surface area contributed by atoms with Crippen LogP contribution in [-0.2, 0) is 16.0 Å². The van der Waals surface area contributed by atoms with Gasteiger partial charge < -0.3 is 0 Å². The van der Waals surface area contributed by atoms with Crippen LogP contribution >= 0.6 is 0 Å². The summed E-state index contributed by atoms with van der Waals surface area (Å²) in [5.41, 5.74) is 5.92. The standard InChI is InChI=1S/C33H36O2/c1-23-14-15-29(20-28(23)13-7-10-24-8-3-2-4-9-24)31-21-30(22-32(31)34)25-16-18-27(19-17-25)33(35)26-11-5-6-12-26/h2-9,11,13-15,20,25,27,30-31H,10,12,16-19,21-22H2,1H3. The molecule has 35 heavy (non-hydrogen) atoms. The van der Waals surface area contributed by atoms with E-state index in [0.29, 0.717) is 29.8 Å². The highest BCUT2D eigenvalue weighted by Crippen LogP contribution is 2.45. The maximum absolute atomic E-state index is 13.1. The maximum atomic E-state index is 13.1. The molecule has 2 aromatic rings. The van der Waals surface area contributed by atoms with Gasteiger partial charge in [0.1, 0.15) is 5.78 Å². The van der Waals surface area contributed by atoms with E-state index >= 15 is 0 Å². The molecule has 2 unspecified atom stereocenters. The van der Waals surface area contributed by atoms with Crippen LogP contribution in [0, 0.1) is 24.7 Å². The third-order valence-electron chi connectivity index (χ3n) is 8.49. The van der Waals surface area contributed by atoms with Gasteiger partial charge in [-0.25, -0.2) is 0 Å². The van der Waals surface area contributed by atoms with E-state index in [9.17, 15) is 9.59 Å². The van der Waals surface area contributed by atoms with Crippen LogP contribution in [0.1, 0.15) is 73.1 Å². The minimum absolute atomic E-state index is 0.0240. The Labute approximate surface area is 209 Å².